The average Bonchev–Trinajstić information content (AvgIpc) is 2.22. The summed E-state index contributed by atoms with van der Waals surface area (Å²) in [6, 6.07) is 5.08. The van der Waals surface area contributed by atoms with E-state index in [0.29, 0.717) is 30.3 Å². The van der Waals surface area contributed by atoms with Gasteiger partial charge in [-0.1, -0.05) is 0 Å². The van der Waals surface area contributed by atoms with Gasteiger partial charge in [0.1, 0.15) is 12.4 Å². The number of carbonyl (C=O) groups excluding carboxylic acids is 1. The summed E-state index contributed by atoms with van der Waals surface area (Å²) in [6.07, 6.45) is 0. The number of anilines is 2. The minimum absolute atomic E-state index is 0.152. The summed E-state index contributed by atoms with van der Waals surface area (Å²) in [4.78, 5) is 11.0. The fourth-order valence-corrected chi connectivity index (χ4v) is 1.19. The molecule has 0 aliphatic carbocycles. The first-order valence-electron chi connectivity index (χ1n) is 4.92. The zero-order chi connectivity index (χ0) is 12.0. The number of carbonyl (C=O) groups is 1. The second-order valence-electron chi connectivity index (χ2n) is 3.28. The van der Waals surface area contributed by atoms with Crippen LogP contribution in [0.25, 0.3) is 0 Å². The minimum atomic E-state index is -0.152. The first-order valence-corrected chi connectivity index (χ1v) is 4.92. The van der Waals surface area contributed by atoms with Gasteiger partial charge in [-0.2, -0.15) is 0 Å². The van der Waals surface area contributed by atoms with Crippen molar-refractivity contribution in [1.82, 2.24) is 0 Å². The van der Waals surface area contributed by atoms with E-state index in [0.717, 1.165) is 0 Å². The van der Waals surface area contributed by atoms with Crippen molar-refractivity contribution in [2.24, 2.45) is 0 Å². The average molecular weight is 224 g/mol. The Bertz CT molecular complexity index is 366. The monoisotopic (exact) mass is 224 g/mol. The lowest BCUT2D eigenvalue weighted by atomic mass is 10.2. The number of nitrogen functional groups attached to an aromatic ring is 1. The number of ether oxygens (including phenoxy) is 2. The third-order valence-corrected chi connectivity index (χ3v) is 1.86. The fraction of sp³-hybridized carbons (Fsp3) is 0.364. The highest BCUT2D eigenvalue weighted by Crippen LogP contribution is 2.26. The molecular weight excluding hydrogens is 208 g/mol. The lowest BCUT2D eigenvalue weighted by Gasteiger charge is -2.12. The molecule has 88 valence electrons. The van der Waals surface area contributed by atoms with E-state index in [4.69, 9.17) is 15.2 Å². The molecule has 0 aliphatic heterocycles. The zero-order valence-corrected chi connectivity index (χ0v) is 9.45. The van der Waals surface area contributed by atoms with Gasteiger partial charge in [0.05, 0.1) is 12.3 Å². The van der Waals surface area contributed by atoms with Gasteiger partial charge >= 0.3 is 0 Å². The minimum Gasteiger partial charge on any atom is -0.489 e. The molecular formula is C11H16N2O3. The Kier molecular flexibility index (Phi) is 4.60. The molecule has 0 aliphatic rings. The Labute approximate surface area is 94.5 Å². The van der Waals surface area contributed by atoms with E-state index in [-0.39, 0.29) is 5.91 Å². The molecule has 1 rings (SSSR count). The van der Waals surface area contributed by atoms with Crippen molar-refractivity contribution >= 4 is 17.3 Å². The van der Waals surface area contributed by atoms with Crippen LogP contribution in [-0.2, 0) is 9.53 Å². The summed E-state index contributed by atoms with van der Waals surface area (Å²) in [6.45, 7) is 2.33. The van der Waals surface area contributed by atoms with E-state index in [1.807, 2.05) is 0 Å². The lowest BCUT2D eigenvalue weighted by Crippen LogP contribution is -2.10. The molecule has 3 N–H and O–H groups in total. The van der Waals surface area contributed by atoms with Crippen LogP contribution in [0.3, 0.4) is 0 Å². The summed E-state index contributed by atoms with van der Waals surface area (Å²) in [5, 5.41) is 2.67. The number of hydrogen-bond acceptors (Lipinski definition) is 4. The molecule has 1 amide bonds. The van der Waals surface area contributed by atoms with Crippen LogP contribution in [0.2, 0.25) is 0 Å². The van der Waals surface area contributed by atoms with Crippen LogP contribution in [-0.4, -0.2) is 26.2 Å². The van der Waals surface area contributed by atoms with Gasteiger partial charge in [0.2, 0.25) is 5.91 Å². The highest BCUT2D eigenvalue weighted by atomic mass is 16.5. The fourth-order valence-electron chi connectivity index (χ4n) is 1.19. The molecule has 0 heterocycles. The summed E-state index contributed by atoms with van der Waals surface area (Å²) in [5.74, 6) is 0.397. The predicted octanol–water partition coefficient (Wildman–Crippen LogP) is 1.25. The maximum Gasteiger partial charge on any atom is 0.221 e. The van der Waals surface area contributed by atoms with Crippen molar-refractivity contribution in [2.45, 2.75) is 6.92 Å². The van der Waals surface area contributed by atoms with Crippen molar-refractivity contribution in [3.63, 3.8) is 0 Å². The molecule has 0 radical (unpaired) electrons. The summed E-state index contributed by atoms with van der Waals surface area (Å²) >= 11 is 0. The van der Waals surface area contributed by atoms with Crippen LogP contribution in [0.15, 0.2) is 18.2 Å². The van der Waals surface area contributed by atoms with Crippen LogP contribution >= 0.6 is 0 Å². The van der Waals surface area contributed by atoms with Crippen LogP contribution in [0.4, 0.5) is 11.4 Å². The summed E-state index contributed by atoms with van der Waals surface area (Å²) < 4.78 is 10.3. The highest BCUT2D eigenvalue weighted by molar-refractivity contribution is 5.90. The van der Waals surface area contributed by atoms with Gasteiger partial charge in [-0.05, 0) is 12.1 Å². The van der Waals surface area contributed by atoms with Gasteiger partial charge in [-0.3, -0.25) is 4.79 Å². The second kappa shape index (κ2) is 5.97. The maximum absolute atomic E-state index is 11.0. The van der Waals surface area contributed by atoms with Gasteiger partial charge in [-0.25, -0.2) is 0 Å². The number of nitrogens with one attached hydrogen (secondary N) is 1. The molecule has 16 heavy (non-hydrogen) atoms. The summed E-state index contributed by atoms with van der Waals surface area (Å²) in [7, 11) is 1.59. The van der Waals surface area contributed by atoms with E-state index in [2.05, 4.69) is 5.32 Å². The molecule has 0 saturated heterocycles. The molecule has 1 aromatic rings. The largest absolute Gasteiger partial charge is 0.489 e. The Balaban J connectivity index is 2.76. The van der Waals surface area contributed by atoms with Crippen molar-refractivity contribution in [2.75, 3.05) is 31.4 Å². The quantitative estimate of drug-likeness (QED) is 0.583. The van der Waals surface area contributed by atoms with E-state index < -0.39 is 0 Å². The first kappa shape index (κ1) is 12.3. The van der Waals surface area contributed by atoms with E-state index in [9.17, 15) is 4.79 Å². The molecule has 0 bridgehead atoms. The Hall–Kier alpha value is -1.75. The van der Waals surface area contributed by atoms with Gasteiger partial charge in [0, 0.05) is 25.8 Å². The highest BCUT2D eigenvalue weighted by Gasteiger charge is 2.05. The van der Waals surface area contributed by atoms with Crippen molar-refractivity contribution in [1.29, 1.82) is 0 Å². The van der Waals surface area contributed by atoms with Gasteiger partial charge < -0.3 is 20.5 Å². The second-order valence-corrected chi connectivity index (χ2v) is 3.28. The van der Waals surface area contributed by atoms with Crippen molar-refractivity contribution in [3.05, 3.63) is 18.2 Å². The molecule has 0 aromatic heterocycles. The number of nitrogens with two attached hydrogens (primary N) is 1. The first-order chi connectivity index (χ1) is 7.63. The third-order valence-electron chi connectivity index (χ3n) is 1.86. The Morgan fingerprint density at radius 3 is 2.81 bits per heavy atom. The van der Waals surface area contributed by atoms with Gasteiger partial charge in [-0.15, -0.1) is 0 Å². The number of hydrogen-bond donors (Lipinski definition) is 2. The van der Waals surface area contributed by atoms with Gasteiger partial charge in [0.15, 0.2) is 0 Å². The van der Waals surface area contributed by atoms with E-state index >= 15 is 0 Å². The van der Waals surface area contributed by atoms with Crippen molar-refractivity contribution in [3.8, 4) is 5.75 Å². The normalized spacial score (nSPS) is 9.88. The molecule has 5 heteroatoms. The third kappa shape index (κ3) is 3.78. The van der Waals surface area contributed by atoms with Crippen LogP contribution in [0.5, 0.6) is 5.75 Å². The maximum atomic E-state index is 11.0. The van der Waals surface area contributed by atoms with Gasteiger partial charge in [0.25, 0.3) is 0 Å². The molecule has 5 nitrogen and oxygen atoms in total. The Morgan fingerprint density at radius 1 is 1.44 bits per heavy atom. The number of benzene rings is 1. The standard InChI is InChI=1S/C11H16N2O3/c1-8(14)13-10-4-3-9(12)7-11(10)16-6-5-15-2/h3-4,7H,5-6,12H2,1-2H3,(H,13,14). The van der Waals surface area contributed by atoms with Crippen LogP contribution in [0, 0.1) is 0 Å². The molecule has 1 aromatic carbocycles. The summed E-state index contributed by atoms with van der Waals surface area (Å²) in [5.41, 5.74) is 6.83. The molecule has 0 unspecified atom stereocenters. The topological polar surface area (TPSA) is 73.6 Å². The van der Waals surface area contributed by atoms with Crippen LogP contribution in [0.1, 0.15) is 6.92 Å². The van der Waals surface area contributed by atoms with E-state index in [1.165, 1.54) is 6.92 Å². The van der Waals surface area contributed by atoms with Crippen molar-refractivity contribution < 1.29 is 14.3 Å². The Morgan fingerprint density at radius 2 is 2.19 bits per heavy atom. The van der Waals surface area contributed by atoms with Crippen LogP contribution < -0.4 is 15.8 Å². The number of rotatable bonds is 5. The molecule has 0 atom stereocenters. The smallest absolute Gasteiger partial charge is 0.221 e. The lowest BCUT2D eigenvalue weighted by molar-refractivity contribution is -0.114. The molecule has 0 fully saturated rings. The number of amides is 1. The SMILES string of the molecule is COCCOc1cc(N)ccc1NC(C)=O. The number of methoxy groups -OCH3 is 1. The predicted molar refractivity (Wildman–Crippen MR) is 62.5 cm³/mol. The zero-order valence-electron chi connectivity index (χ0n) is 9.45. The molecule has 0 saturated carbocycles. The molecule has 0 spiro atoms. The van der Waals surface area contributed by atoms with E-state index in [1.54, 1.807) is 25.3 Å².